The molecule has 4 nitrogen and oxygen atoms in total. The van der Waals surface area contributed by atoms with Gasteiger partial charge in [0.15, 0.2) is 5.12 Å². The lowest BCUT2D eigenvalue weighted by atomic mass is 9.95. The first-order chi connectivity index (χ1) is 15.8. The van der Waals surface area contributed by atoms with Crippen LogP contribution in [0.1, 0.15) is 72.1 Å². The molecule has 1 aliphatic heterocycles. The fraction of sp³-hybridized carbons (Fsp3) is 0.429. The minimum absolute atomic E-state index is 0.000437. The summed E-state index contributed by atoms with van der Waals surface area (Å²) in [4.78, 5) is 25.8. The number of carbonyl (C=O) groups excluding carboxylic acids is 2. The average molecular weight is 466 g/mol. The van der Waals surface area contributed by atoms with Crippen LogP contribution in [0, 0.1) is 6.92 Å². The fourth-order valence-electron chi connectivity index (χ4n) is 4.56. The van der Waals surface area contributed by atoms with Crippen molar-refractivity contribution in [1.82, 2.24) is 4.90 Å². The molecule has 0 saturated carbocycles. The van der Waals surface area contributed by atoms with Gasteiger partial charge in [-0.15, -0.1) is 0 Å². The quantitative estimate of drug-likeness (QED) is 0.358. The van der Waals surface area contributed by atoms with Gasteiger partial charge in [-0.25, -0.2) is 0 Å². The van der Waals surface area contributed by atoms with E-state index in [0.717, 1.165) is 66.9 Å². The maximum Gasteiger partial charge on any atom is 0.259 e. The maximum absolute atomic E-state index is 13.0. The third-order valence-electron chi connectivity index (χ3n) is 6.32. The minimum Gasteiger partial charge on any atom is -0.496 e. The molecule has 33 heavy (non-hydrogen) atoms. The second kappa shape index (κ2) is 11.6. The molecule has 5 heteroatoms. The molecule has 2 aromatic carbocycles. The highest BCUT2D eigenvalue weighted by Gasteiger charge is 2.34. The number of rotatable bonds is 11. The van der Waals surface area contributed by atoms with E-state index in [2.05, 4.69) is 32.6 Å². The number of unbranched alkanes of at least 4 members (excludes halogenated alkanes) is 3. The van der Waals surface area contributed by atoms with Crippen LogP contribution in [0.3, 0.4) is 0 Å². The van der Waals surface area contributed by atoms with Crippen molar-refractivity contribution in [3.8, 4) is 5.75 Å². The molecule has 1 aliphatic rings. The van der Waals surface area contributed by atoms with Gasteiger partial charge in [0, 0.05) is 35.5 Å². The van der Waals surface area contributed by atoms with Crippen LogP contribution in [0.5, 0.6) is 5.75 Å². The number of hydrogen-bond acceptors (Lipinski definition) is 4. The highest BCUT2D eigenvalue weighted by molar-refractivity contribution is 8.13. The second-order valence-electron chi connectivity index (χ2n) is 8.82. The van der Waals surface area contributed by atoms with Crippen molar-refractivity contribution in [3.05, 3.63) is 70.8 Å². The standard InChI is InChI=1S/C28H35NO3S/c1-19-16-23(12-8-6-7-11-15-33-22(4)30)27(32-5)18-24(19)17-20(2)29-21(3)25-13-9-10-14-26(25)28(29)31/h9-10,13-14,16,18,20H,3,6-8,11-12,15,17H2,1-2,4-5H3. The third-order valence-corrected chi connectivity index (χ3v) is 7.22. The zero-order chi connectivity index (χ0) is 24.0. The van der Waals surface area contributed by atoms with Gasteiger partial charge in [-0.1, -0.05) is 55.4 Å². The van der Waals surface area contributed by atoms with Crippen molar-refractivity contribution in [2.75, 3.05) is 12.9 Å². The van der Waals surface area contributed by atoms with E-state index in [1.165, 1.54) is 28.5 Å². The lowest BCUT2D eigenvalue weighted by Gasteiger charge is -2.26. The first kappa shape index (κ1) is 25.1. The normalized spacial score (nSPS) is 13.9. The Morgan fingerprint density at radius 3 is 2.45 bits per heavy atom. The fourth-order valence-corrected chi connectivity index (χ4v) is 5.20. The first-order valence-corrected chi connectivity index (χ1v) is 12.7. The Bertz CT molecular complexity index is 995. The molecule has 176 valence electrons. The molecule has 1 heterocycles. The molecule has 1 amide bonds. The maximum atomic E-state index is 13.0. The highest BCUT2D eigenvalue weighted by Crippen LogP contribution is 2.34. The van der Waals surface area contributed by atoms with E-state index < -0.39 is 0 Å². The molecule has 0 fully saturated rings. The zero-order valence-corrected chi connectivity index (χ0v) is 21.1. The summed E-state index contributed by atoms with van der Waals surface area (Å²) < 4.78 is 5.72. The van der Waals surface area contributed by atoms with Gasteiger partial charge in [-0.2, -0.15) is 0 Å². The largest absolute Gasteiger partial charge is 0.496 e. The van der Waals surface area contributed by atoms with E-state index in [1.54, 1.807) is 14.0 Å². The van der Waals surface area contributed by atoms with Crippen LogP contribution in [0.15, 0.2) is 43.0 Å². The van der Waals surface area contributed by atoms with E-state index in [1.807, 2.05) is 29.2 Å². The first-order valence-electron chi connectivity index (χ1n) is 11.7. The SMILES string of the molecule is C=C1c2ccccc2C(=O)N1C(C)Cc1cc(OC)c(CCCCCCSC(C)=O)cc1C. The molecule has 1 unspecified atom stereocenters. The number of benzene rings is 2. The molecular formula is C28H35NO3S. The van der Waals surface area contributed by atoms with E-state index >= 15 is 0 Å². The molecule has 0 radical (unpaired) electrons. The van der Waals surface area contributed by atoms with Crippen molar-refractivity contribution < 1.29 is 14.3 Å². The minimum atomic E-state index is -0.000437. The third kappa shape index (κ3) is 6.08. The molecule has 1 atom stereocenters. The summed E-state index contributed by atoms with van der Waals surface area (Å²) in [5.74, 6) is 1.87. The number of ether oxygens (including phenoxy) is 1. The Hall–Kier alpha value is -2.53. The molecular weight excluding hydrogens is 430 g/mol. The van der Waals surface area contributed by atoms with E-state index in [-0.39, 0.29) is 17.1 Å². The summed E-state index contributed by atoms with van der Waals surface area (Å²) in [6.07, 6.45) is 6.22. The van der Waals surface area contributed by atoms with Gasteiger partial charge in [0.1, 0.15) is 5.75 Å². The Morgan fingerprint density at radius 2 is 1.79 bits per heavy atom. The molecule has 0 aliphatic carbocycles. The highest BCUT2D eigenvalue weighted by atomic mass is 32.2. The lowest BCUT2D eigenvalue weighted by Crippen LogP contribution is -2.34. The molecule has 0 aromatic heterocycles. The number of nitrogens with zero attached hydrogens (tertiary/aromatic N) is 1. The van der Waals surface area contributed by atoms with Crippen molar-refractivity contribution in [1.29, 1.82) is 0 Å². The van der Waals surface area contributed by atoms with Crippen LogP contribution < -0.4 is 4.74 Å². The molecule has 0 N–H and O–H groups in total. The molecule has 2 aromatic rings. The second-order valence-corrected chi connectivity index (χ2v) is 10.1. The Balaban J connectivity index is 1.61. The van der Waals surface area contributed by atoms with E-state index in [4.69, 9.17) is 4.74 Å². The van der Waals surface area contributed by atoms with Gasteiger partial charge in [0.25, 0.3) is 5.91 Å². The van der Waals surface area contributed by atoms with Crippen LogP contribution in [0.25, 0.3) is 5.70 Å². The number of methoxy groups -OCH3 is 1. The predicted molar refractivity (Wildman–Crippen MR) is 138 cm³/mol. The topological polar surface area (TPSA) is 46.6 Å². The number of hydrogen-bond donors (Lipinski definition) is 0. The summed E-state index contributed by atoms with van der Waals surface area (Å²) in [7, 11) is 1.73. The van der Waals surface area contributed by atoms with Crippen molar-refractivity contribution in [3.63, 3.8) is 0 Å². The number of amides is 1. The van der Waals surface area contributed by atoms with E-state index in [9.17, 15) is 9.59 Å². The van der Waals surface area contributed by atoms with Crippen LogP contribution in [-0.4, -0.2) is 34.8 Å². The smallest absolute Gasteiger partial charge is 0.259 e. The summed E-state index contributed by atoms with van der Waals surface area (Å²) in [5.41, 5.74) is 6.11. The number of carbonyl (C=O) groups is 2. The molecule has 0 spiro atoms. The van der Waals surface area contributed by atoms with Crippen LogP contribution in [0.4, 0.5) is 0 Å². The summed E-state index contributed by atoms with van der Waals surface area (Å²) in [5, 5.41) is 0.201. The van der Waals surface area contributed by atoms with Gasteiger partial charge in [0.2, 0.25) is 0 Å². The van der Waals surface area contributed by atoms with Crippen LogP contribution >= 0.6 is 11.8 Å². The lowest BCUT2D eigenvalue weighted by molar-refractivity contribution is -0.109. The number of thioether (sulfide) groups is 1. The van der Waals surface area contributed by atoms with Gasteiger partial charge < -0.3 is 9.64 Å². The molecule has 3 rings (SSSR count). The van der Waals surface area contributed by atoms with Crippen molar-refractivity contribution in [2.45, 2.75) is 65.3 Å². The van der Waals surface area contributed by atoms with Crippen LogP contribution in [-0.2, 0) is 17.6 Å². The Kier molecular flexibility index (Phi) is 8.79. The summed E-state index contributed by atoms with van der Waals surface area (Å²) in [6.45, 7) is 10.0. The van der Waals surface area contributed by atoms with E-state index in [0.29, 0.717) is 0 Å². The van der Waals surface area contributed by atoms with Crippen molar-refractivity contribution >= 4 is 28.5 Å². The predicted octanol–water partition coefficient (Wildman–Crippen LogP) is 6.44. The Morgan fingerprint density at radius 1 is 1.09 bits per heavy atom. The van der Waals surface area contributed by atoms with Gasteiger partial charge in [0.05, 0.1) is 7.11 Å². The number of fused-ring (bicyclic) bond motifs is 1. The van der Waals surface area contributed by atoms with Crippen LogP contribution in [0.2, 0.25) is 0 Å². The molecule has 0 bridgehead atoms. The van der Waals surface area contributed by atoms with Gasteiger partial charge in [-0.05, 0) is 68.4 Å². The number of aryl methyl sites for hydroxylation is 2. The average Bonchev–Trinajstić information content (AvgIpc) is 3.04. The Labute approximate surface area is 202 Å². The monoisotopic (exact) mass is 465 g/mol. The van der Waals surface area contributed by atoms with Gasteiger partial charge >= 0.3 is 0 Å². The van der Waals surface area contributed by atoms with Crippen molar-refractivity contribution in [2.24, 2.45) is 0 Å². The summed E-state index contributed by atoms with van der Waals surface area (Å²) in [6, 6.07) is 12.1. The van der Waals surface area contributed by atoms with Gasteiger partial charge in [-0.3, -0.25) is 9.59 Å². The summed E-state index contributed by atoms with van der Waals surface area (Å²) >= 11 is 1.42. The molecule has 0 saturated heterocycles. The zero-order valence-electron chi connectivity index (χ0n) is 20.3.